The number of aliphatic hydroxyl groups is 3. The summed E-state index contributed by atoms with van der Waals surface area (Å²) >= 11 is 0. The Morgan fingerprint density at radius 2 is 1.91 bits per heavy atom. The third kappa shape index (κ3) is 4.01. The van der Waals surface area contributed by atoms with Crippen LogP contribution in [0, 0.1) is 0 Å². The number of allylic oxidation sites excluding steroid dienone is 1. The van der Waals surface area contributed by atoms with Crippen molar-refractivity contribution in [1.82, 2.24) is 0 Å². The number of unbranched alkanes of at least 4 members (excludes halogenated alkanes) is 1. The lowest BCUT2D eigenvalue weighted by molar-refractivity contribution is -0.0109. The largest absolute Gasteiger partial charge is 0.512 e. The van der Waals surface area contributed by atoms with Gasteiger partial charge in [0.05, 0.1) is 5.76 Å². The molecule has 0 rings (SSSR count). The molecule has 0 saturated carbocycles. The molecule has 3 nitrogen and oxygen atoms in total. The Bertz CT molecular complexity index is 138. The highest BCUT2D eigenvalue weighted by Crippen LogP contribution is 2.11. The van der Waals surface area contributed by atoms with E-state index in [9.17, 15) is 5.11 Å². The van der Waals surface area contributed by atoms with Gasteiger partial charge in [-0.3, -0.25) is 0 Å². The molecular weight excluding hydrogens is 144 g/mol. The highest BCUT2D eigenvalue weighted by molar-refractivity contribution is 5.06. The zero-order chi connectivity index (χ0) is 8.85. The summed E-state index contributed by atoms with van der Waals surface area (Å²) < 4.78 is 0. The minimum atomic E-state index is -1.52. The van der Waals surface area contributed by atoms with Crippen LogP contribution in [-0.4, -0.2) is 21.6 Å². The zero-order valence-corrected chi connectivity index (χ0v) is 7.04. The molecule has 0 fully saturated rings. The molecule has 0 atom stereocenters. The van der Waals surface area contributed by atoms with Crippen molar-refractivity contribution in [1.29, 1.82) is 0 Å². The molecule has 0 spiro atoms. The lowest BCUT2D eigenvalue weighted by Gasteiger charge is -2.06. The first-order valence-electron chi connectivity index (χ1n) is 3.84. The molecule has 0 aromatic rings. The monoisotopic (exact) mass is 160 g/mol. The quantitative estimate of drug-likeness (QED) is 0.429. The van der Waals surface area contributed by atoms with E-state index in [-0.39, 0.29) is 11.3 Å². The Morgan fingerprint density at radius 3 is 2.27 bits per heavy atom. The van der Waals surface area contributed by atoms with Gasteiger partial charge in [-0.05, 0) is 13.3 Å². The zero-order valence-electron chi connectivity index (χ0n) is 7.04. The van der Waals surface area contributed by atoms with E-state index < -0.39 is 6.29 Å². The highest BCUT2D eigenvalue weighted by Gasteiger charge is 2.06. The second-order valence-electron chi connectivity index (χ2n) is 2.61. The number of hydrogen-bond acceptors (Lipinski definition) is 3. The van der Waals surface area contributed by atoms with Gasteiger partial charge in [0.1, 0.15) is 0 Å². The van der Waals surface area contributed by atoms with Crippen molar-refractivity contribution in [2.75, 3.05) is 0 Å². The lowest BCUT2D eigenvalue weighted by atomic mass is 10.1. The van der Waals surface area contributed by atoms with Gasteiger partial charge in [-0.25, -0.2) is 0 Å². The van der Waals surface area contributed by atoms with Gasteiger partial charge in [0.15, 0.2) is 6.29 Å². The normalized spacial score (nSPS) is 13.5. The molecule has 3 heteroatoms. The predicted molar refractivity (Wildman–Crippen MR) is 43.1 cm³/mol. The van der Waals surface area contributed by atoms with Gasteiger partial charge in [0, 0.05) is 12.0 Å². The van der Waals surface area contributed by atoms with E-state index in [1.54, 1.807) is 0 Å². The second-order valence-corrected chi connectivity index (χ2v) is 2.61. The predicted octanol–water partition coefficient (Wildman–Crippen LogP) is 1.32. The Balaban J connectivity index is 3.94. The first kappa shape index (κ1) is 10.5. The van der Waals surface area contributed by atoms with E-state index in [2.05, 4.69) is 0 Å². The van der Waals surface area contributed by atoms with Crippen LogP contribution in [0.25, 0.3) is 0 Å². The fourth-order valence-electron chi connectivity index (χ4n) is 0.690. The molecule has 0 aliphatic rings. The fourth-order valence-corrected chi connectivity index (χ4v) is 0.690. The second kappa shape index (κ2) is 5.16. The van der Waals surface area contributed by atoms with Crippen LogP contribution in [0.1, 0.15) is 33.1 Å². The first-order valence-corrected chi connectivity index (χ1v) is 3.84. The minimum absolute atomic E-state index is 0.0989. The van der Waals surface area contributed by atoms with Crippen LogP contribution in [0.5, 0.6) is 0 Å². The van der Waals surface area contributed by atoms with Crippen molar-refractivity contribution in [3.8, 4) is 0 Å². The Labute approximate surface area is 67.0 Å². The van der Waals surface area contributed by atoms with E-state index >= 15 is 0 Å². The molecule has 66 valence electrons. The fraction of sp³-hybridized carbons (Fsp3) is 0.750. The molecule has 0 aliphatic carbocycles. The molecule has 0 radical (unpaired) electrons. The van der Waals surface area contributed by atoms with Gasteiger partial charge in [-0.1, -0.05) is 13.3 Å². The molecular formula is C8H16O3. The molecule has 0 heterocycles. The van der Waals surface area contributed by atoms with Crippen molar-refractivity contribution in [2.24, 2.45) is 0 Å². The number of aliphatic hydroxyl groups excluding tert-OH is 2. The lowest BCUT2D eigenvalue weighted by Crippen LogP contribution is -2.08. The minimum Gasteiger partial charge on any atom is -0.512 e. The summed E-state index contributed by atoms with van der Waals surface area (Å²) in [4.78, 5) is 0. The van der Waals surface area contributed by atoms with Crippen molar-refractivity contribution < 1.29 is 15.3 Å². The number of hydrogen-bond donors (Lipinski definition) is 3. The SMILES string of the molecule is CCCCC(O)=C(C)C(O)O. The van der Waals surface area contributed by atoms with Crippen molar-refractivity contribution in [3.63, 3.8) is 0 Å². The molecule has 3 N–H and O–H groups in total. The van der Waals surface area contributed by atoms with Gasteiger partial charge >= 0.3 is 0 Å². The van der Waals surface area contributed by atoms with Gasteiger partial charge in [-0.2, -0.15) is 0 Å². The molecule has 0 saturated heterocycles. The number of rotatable bonds is 4. The molecule has 0 aromatic heterocycles. The molecule has 0 aromatic carbocycles. The summed E-state index contributed by atoms with van der Waals surface area (Å²) in [6.45, 7) is 3.52. The van der Waals surface area contributed by atoms with Crippen LogP contribution < -0.4 is 0 Å². The summed E-state index contributed by atoms with van der Waals surface area (Å²) in [7, 11) is 0. The highest BCUT2D eigenvalue weighted by atomic mass is 16.5. The molecule has 0 bridgehead atoms. The van der Waals surface area contributed by atoms with E-state index in [0.29, 0.717) is 6.42 Å². The molecule has 0 amide bonds. The first-order chi connectivity index (χ1) is 5.09. The van der Waals surface area contributed by atoms with Crippen LogP contribution >= 0.6 is 0 Å². The van der Waals surface area contributed by atoms with Crippen molar-refractivity contribution >= 4 is 0 Å². The summed E-state index contributed by atoms with van der Waals surface area (Å²) in [6.07, 6.45) is 0.862. The van der Waals surface area contributed by atoms with E-state index in [0.717, 1.165) is 12.8 Å². The van der Waals surface area contributed by atoms with Gasteiger partial charge in [0.25, 0.3) is 0 Å². The average Bonchev–Trinajstić information content (AvgIpc) is 1.98. The van der Waals surface area contributed by atoms with Crippen LogP contribution in [0.15, 0.2) is 11.3 Å². The molecule has 0 unspecified atom stereocenters. The van der Waals surface area contributed by atoms with E-state index in [4.69, 9.17) is 10.2 Å². The summed E-state index contributed by atoms with van der Waals surface area (Å²) in [5.41, 5.74) is 0.249. The maximum atomic E-state index is 9.18. The van der Waals surface area contributed by atoms with Gasteiger partial charge in [0.2, 0.25) is 0 Å². The van der Waals surface area contributed by atoms with Crippen molar-refractivity contribution in [2.45, 2.75) is 39.4 Å². The Kier molecular flexibility index (Phi) is 4.90. The van der Waals surface area contributed by atoms with Crippen LogP contribution in [0.4, 0.5) is 0 Å². The topological polar surface area (TPSA) is 60.7 Å². The average molecular weight is 160 g/mol. The standard InChI is InChI=1S/C8H16O3/c1-3-4-5-7(9)6(2)8(10)11/h8-11H,3-5H2,1-2H3. The summed E-state index contributed by atoms with van der Waals surface area (Å²) in [5, 5.41) is 26.4. The maximum Gasteiger partial charge on any atom is 0.177 e. The van der Waals surface area contributed by atoms with E-state index in [1.807, 2.05) is 6.92 Å². The van der Waals surface area contributed by atoms with Gasteiger partial charge < -0.3 is 15.3 Å². The maximum absolute atomic E-state index is 9.18. The van der Waals surface area contributed by atoms with Crippen molar-refractivity contribution in [3.05, 3.63) is 11.3 Å². The van der Waals surface area contributed by atoms with Crippen LogP contribution in [0.3, 0.4) is 0 Å². The summed E-state index contributed by atoms with van der Waals surface area (Å²) in [6, 6.07) is 0. The molecule has 11 heavy (non-hydrogen) atoms. The Hall–Kier alpha value is -0.540. The molecule has 0 aliphatic heterocycles. The van der Waals surface area contributed by atoms with Crippen LogP contribution in [0.2, 0.25) is 0 Å². The third-order valence-electron chi connectivity index (χ3n) is 1.61. The Morgan fingerprint density at radius 1 is 1.36 bits per heavy atom. The summed E-state index contributed by atoms with van der Waals surface area (Å²) in [5.74, 6) is 0.0989. The third-order valence-corrected chi connectivity index (χ3v) is 1.61. The van der Waals surface area contributed by atoms with Gasteiger partial charge in [-0.15, -0.1) is 0 Å². The van der Waals surface area contributed by atoms with Crippen LogP contribution in [-0.2, 0) is 0 Å². The smallest absolute Gasteiger partial charge is 0.177 e. The van der Waals surface area contributed by atoms with E-state index in [1.165, 1.54) is 6.92 Å².